The van der Waals surface area contributed by atoms with Crippen LogP contribution in [0.5, 0.6) is 6.01 Å². The molecule has 2 aromatic heterocycles. The number of anilines is 1. The number of thioether (sulfide) groups is 1. The van der Waals surface area contributed by atoms with Crippen LogP contribution in [-0.4, -0.2) is 94.6 Å². The zero-order valence-corrected chi connectivity index (χ0v) is 26.2. The summed E-state index contributed by atoms with van der Waals surface area (Å²) in [6.07, 6.45) is 8.75. The Morgan fingerprint density at radius 2 is 2.09 bits per heavy atom. The Balaban J connectivity index is 1.12. The Bertz CT molecular complexity index is 1710. The Morgan fingerprint density at radius 1 is 1.27 bits per heavy atom. The molecule has 3 aliphatic carbocycles. The Kier molecular flexibility index (Phi) is 6.87. The number of nitrogens with two attached hydrogens (primary N) is 1. The normalized spacial score (nSPS) is 29.3. The van der Waals surface area contributed by atoms with Crippen molar-refractivity contribution < 1.29 is 18.3 Å². The first-order chi connectivity index (χ1) is 21.7. The highest BCUT2D eigenvalue weighted by Crippen LogP contribution is 2.53. The number of ether oxygens (including phenoxy) is 2. The maximum absolute atomic E-state index is 14.8. The second-order valence-corrected chi connectivity index (χ2v) is 14.8. The molecule has 3 unspecified atom stereocenters. The van der Waals surface area contributed by atoms with Gasteiger partial charge in [0.1, 0.15) is 11.6 Å². The summed E-state index contributed by atoms with van der Waals surface area (Å²) in [6.45, 7) is 4.01. The Morgan fingerprint density at radius 3 is 2.71 bits per heavy atom. The summed E-state index contributed by atoms with van der Waals surface area (Å²) in [5.74, 6) is -2.01. The highest BCUT2D eigenvalue weighted by molar-refractivity contribution is 8.04. The van der Waals surface area contributed by atoms with Gasteiger partial charge in [-0.25, -0.2) is 8.78 Å². The van der Waals surface area contributed by atoms with Gasteiger partial charge >= 0.3 is 6.01 Å². The predicted molar refractivity (Wildman–Crippen MR) is 167 cm³/mol. The SMILES string of the molecule is CN(C)C1(CNc2nc(OCC3(CN4CC5OC[C@@H]54)CC3)nc3cc(C4=CC(F)=C(F)C5SC(N)=C(C#N)C45)ncc23)CCC1. The molecule has 4 fully saturated rings. The molecule has 0 bridgehead atoms. The van der Waals surface area contributed by atoms with Gasteiger partial charge in [0, 0.05) is 42.7 Å². The van der Waals surface area contributed by atoms with E-state index in [0.717, 1.165) is 63.2 Å². The van der Waals surface area contributed by atoms with Crippen LogP contribution in [0, 0.1) is 22.7 Å². The lowest BCUT2D eigenvalue weighted by Gasteiger charge is -2.55. The predicted octanol–water partition coefficient (Wildman–Crippen LogP) is 4.14. The lowest BCUT2D eigenvalue weighted by molar-refractivity contribution is -0.218. The summed E-state index contributed by atoms with van der Waals surface area (Å²) in [5.41, 5.74) is 7.78. The molecule has 0 spiro atoms. The fraction of sp³-hybridized carbons (Fsp3) is 0.562. The van der Waals surface area contributed by atoms with Crippen molar-refractivity contribution in [3.63, 3.8) is 0 Å². The van der Waals surface area contributed by atoms with Crippen molar-refractivity contribution in [3.8, 4) is 12.1 Å². The summed E-state index contributed by atoms with van der Waals surface area (Å²) < 4.78 is 41.6. The molecule has 2 saturated heterocycles. The van der Waals surface area contributed by atoms with Gasteiger partial charge in [0.15, 0.2) is 5.83 Å². The number of aromatic nitrogens is 3. The third kappa shape index (κ3) is 4.80. The number of likely N-dealkylation sites (tertiary alicyclic amines) is 1. The van der Waals surface area contributed by atoms with E-state index < -0.39 is 22.8 Å². The number of pyridine rings is 1. The molecule has 0 amide bonds. The highest BCUT2D eigenvalue weighted by atomic mass is 32.2. The molecular weight excluding hydrogens is 598 g/mol. The molecule has 3 N–H and O–H groups in total. The van der Waals surface area contributed by atoms with Crippen LogP contribution in [0.25, 0.3) is 16.5 Å². The van der Waals surface area contributed by atoms with Crippen molar-refractivity contribution in [2.24, 2.45) is 17.1 Å². The fourth-order valence-electron chi connectivity index (χ4n) is 7.27. The molecule has 6 aliphatic rings. The van der Waals surface area contributed by atoms with Crippen molar-refractivity contribution in [2.75, 3.05) is 52.3 Å². The average molecular weight is 635 g/mol. The van der Waals surface area contributed by atoms with Crippen molar-refractivity contribution >= 4 is 34.1 Å². The number of halogens is 2. The van der Waals surface area contributed by atoms with Crippen LogP contribution in [0.3, 0.4) is 0 Å². The number of nitrogens with zero attached hydrogens (tertiary/aromatic N) is 6. The Labute approximate surface area is 264 Å². The van der Waals surface area contributed by atoms with Gasteiger partial charge in [-0.2, -0.15) is 15.2 Å². The maximum Gasteiger partial charge on any atom is 0.318 e. The molecule has 0 radical (unpaired) electrons. The number of nitrogens with one attached hydrogen (secondary N) is 1. The van der Waals surface area contributed by atoms with Gasteiger partial charge in [-0.15, -0.1) is 0 Å². The summed E-state index contributed by atoms with van der Waals surface area (Å²) in [5, 5.41) is 13.3. The van der Waals surface area contributed by atoms with Crippen LogP contribution in [-0.2, 0) is 4.74 Å². The number of fused-ring (bicyclic) bond motifs is 3. The van der Waals surface area contributed by atoms with Crippen molar-refractivity contribution in [2.45, 2.75) is 55.0 Å². The Hall–Kier alpha value is -3.31. The number of morpholine rings is 1. The van der Waals surface area contributed by atoms with Crippen molar-refractivity contribution in [1.29, 1.82) is 5.26 Å². The third-order valence-corrected chi connectivity index (χ3v) is 12.0. The minimum atomic E-state index is -0.979. The molecule has 4 atom stereocenters. The quantitative estimate of drug-likeness (QED) is 0.392. The van der Waals surface area contributed by atoms with Crippen molar-refractivity contribution in [1.82, 2.24) is 24.8 Å². The van der Waals surface area contributed by atoms with E-state index >= 15 is 0 Å². The summed E-state index contributed by atoms with van der Waals surface area (Å²) >= 11 is 0.972. The summed E-state index contributed by atoms with van der Waals surface area (Å²) in [7, 11) is 4.21. The van der Waals surface area contributed by atoms with Crippen LogP contribution in [0.4, 0.5) is 14.6 Å². The van der Waals surface area contributed by atoms with E-state index in [0.29, 0.717) is 53.3 Å². The van der Waals surface area contributed by atoms with Gasteiger partial charge in [-0.3, -0.25) is 9.88 Å². The first kappa shape index (κ1) is 29.1. The second-order valence-electron chi connectivity index (χ2n) is 13.6. The monoisotopic (exact) mass is 634 g/mol. The van der Waals surface area contributed by atoms with E-state index in [9.17, 15) is 14.0 Å². The largest absolute Gasteiger partial charge is 0.463 e. The molecular formula is C32H36F2N8O2S. The molecule has 0 aromatic carbocycles. The van der Waals surface area contributed by atoms with E-state index in [1.165, 1.54) is 6.42 Å². The van der Waals surface area contributed by atoms with Gasteiger partial charge in [-0.05, 0) is 63.9 Å². The fourth-order valence-corrected chi connectivity index (χ4v) is 8.48. The standard InChI is InChI=1S/C32H36F2N8O2S/c1-41(2)32(4-3-5-32)14-38-29-19-11-37-21(17-8-20(33)26(34)27-25(17)18(10-35)28(36)45-27)9-22(19)39-30(40-29)44-16-31(6-7-31)15-42-12-24-23(42)13-43-24/h8-9,11,23-25,27H,3-7,12-16,36H2,1-2H3,(H,38,39,40)/t23-,24?,25?,27?/m0/s1. The van der Waals surface area contributed by atoms with Gasteiger partial charge in [0.05, 0.1) is 63.9 Å². The lowest BCUT2D eigenvalue weighted by atomic mass is 9.75. The average Bonchev–Trinajstić information content (AvgIpc) is 3.67. The number of hydrogen-bond acceptors (Lipinski definition) is 11. The van der Waals surface area contributed by atoms with Crippen LogP contribution in [0.1, 0.15) is 37.8 Å². The topological polar surface area (TPSA) is 125 Å². The molecule has 8 rings (SSSR count). The third-order valence-electron chi connectivity index (χ3n) is 10.8. The molecule has 5 heterocycles. The molecule has 10 nitrogen and oxygen atoms in total. The van der Waals surface area contributed by atoms with Gasteiger partial charge in [-0.1, -0.05) is 11.8 Å². The lowest BCUT2D eigenvalue weighted by Crippen LogP contribution is -2.71. The highest BCUT2D eigenvalue weighted by Gasteiger charge is 2.53. The summed E-state index contributed by atoms with van der Waals surface area (Å²) in [4.78, 5) is 19.0. The first-order valence-corrected chi connectivity index (χ1v) is 16.5. The number of nitriles is 1. The number of rotatable bonds is 10. The number of hydrogen-bond donors (Lipinski definition) is 2. The molecule has 2 aromatic rings. The van der Waals surface area contributed by atoms with Crippen LogP contribution in [0.15, 0.2) is 40.6 Å². The van der Waals surface area contributed by atoms with E-state index in [-0.39, 0.29) is 27.6 Å². The zero-order valence-electron chi connectivity index (χ0n) is 25.4. The van der Waals surface area contributed by atoms with E-state index in [1.54, 1.807) is 12.3 Å². The molecule has 236 valence electrons. The van der Waals surface area contributed by atoms with Crippen LogP contribution < -0.4 is 15.8 Å². The smallest absolute Gasteiger partial charge is 0.318 e. The van der Waals surface area contributed by atoms with Gasteiger partial charge in [0.2, 0.25) is 0 Å². The minimum absolute atomic E-state index is 0.0417. The first-order valence-electron chi connectivity index (χ1n) is 15.6. The second kappa shape index (κ2) is 10.6. The number of allylic oxidation sites excluding steroid dienone is 4. The van der Waals surface area contributed by atoms with Gasteiger partial charge < -0.3 is 25.4 Å². The summed E-state index contributed by atoms with van der Waals surface area (Å²) in [6, 6.07) is 4.66. The van der Waals surface area contributed by atoms with Crippen LogP contribution >= 0.6 is 11.8 Å². The van der Waals surface area contributed by atoms with Crippen LogP contribution in [0.2, 0.25) is 0 Å². The van der Waals surface area contributed by atoms with Gasteiger partial charge in [0.25, 0.3) is 0 Å². The molecule has 45 heavy (non-hydrogen) atoms. The minimum Gasteiger partial charge on any atom is -0.463 e. The van der Waals surface area contributed by atoms with E-state index in [1.807, 2.05) is 0 Å². The van der Waals surface area contributed by atoms with E-state index in [4.69, 9.17) is 25.2 Å². The zero-order chi connectivity index (χ0) is 31.1. The van der Waals surface area contributed by atoms with Crippen molar-refractivity contribution in [3.05, 3.63) is 46.3 Å². The van der Waals surface area contributed by atoms with E-state index in [2.05, 4.69) is 40.3 Å². The number of likely N-dealkylation sites (N-methyl/N-ethyl adjacent to an activating group) is 1. The molecule has 13 heteroatoms. The molecule has 3 aliphatic heterocycles. The maximum atomic E-state index is 14.8. The molecule has 2 saturated carbocycles.